The maximum absolute atomic E-state index is 6.57. The summed E-state index contributed by atoms with van der Waals surface area (Å²) in [5.74, 6) is 1.71. The Morgan fingerprint density at radius 3 is 1.79 bits per heavy atom. The van der Waals surface area contributed by atoms with Crippen LogP contribution in [0, 0.1) is 0 Å². The van der Waals surface area contributed by atoms with Gasteiger partial charge < -0.3 is 8.83 Å². The van der Waals surface area contributed by atoms with Crippen LogP contribution in [-0.2, 0) is 0 Å². The molecule has 0 aliphatic rings. The van der Waals surface area contributed by atoms with E-state index in [4.69, 9.17) is 28.8 Å². The second kappa shape index (κ2) is 11.2. The molecule has 0 unspecified atom stereocenters. The van der Waals surface area contributed by atoms with Gasteiger partial charge in [-0.15, -0.1) is 0 Å². The average molecular weight is 667 g/mol. The van der Waals surface area contributed by atoms with Gasteiger partial charge in [-0.2, -0.15) is 0 Å². The molecule has 6 nitrogen and oxygen atoms in total. The van der Waals surface area contributed by atoms with Gasteiger partial charge in [-0.25, -0.2) is 19.9 Å². The van der Waals surface area contributed by atoms with Gasteiger partial charge in [0.1, 0.15) is 22.3 Å². The summed E-state index contributed by atoms with van der Waals surface area (Å²) >= 11 is 0. The fourth-order valence-electron chi connectivity index (χ4n) is 7.47. The smallest absolute Gasteiger partial charge is 0.167 e. The molecular formula is C46H26N4O2. The van der Waals surface area contributed by atoms with Crippen LogP contribution in [0.3, 0.4) is 0 Å². The summed E-state index contributed by atoms with van der Waals surface area (Å²) in [5.41, 5.74) is 8.54. The number of fused-ring (bicyclic) bond motifs is 10. The van der Waals surface area contributed by atoms with Crippen LogP contribution in [0.1, 0.15) is 0 Å². The van der Waals surface area contributed by atoms with Crippen LogP contribution in [0.2, 0.25) is 0 Å². The molecule has 0 fully saturated rings. The minimum atomic E-state index is 0.548. The molecule has 0 N–H and O–H groups in total. The van der Waals surface area contributed by atoms with Gasteiger partial charge in [0, 0.05) is 43.6 Å². The Balaban J connectivity index is 1.08. The molecule has 0 saturated carbocycles. The van der Waals surface area contributed by atoms with Crippen LogP contribution < -0.4 is 0 Å². The van der Waals surface area contributed by atoms with Crippen molar-refractivity contribution in [3.63, 3.8) is 0 Å². The fourth-order valence-corrected chi connectivity index (χ4v) is 7.47. The van der Waals surface area contributed by atoms with Gasteiger partial charge >= 0.3 is 0 Å². The number of hydrogen-bond acceptors (Lipinski definition) is 6. The first kappa shape index (κ1) is 28.6. The topological polar surface area (TPSA) is 77.8 Å². The second-order valence-electron chi connectivity index (χ2n) is 13.0. The highest BCUT2D eigenvalue weighted by atomic mass is 16.3. The van der Waals surface area contributed by atoms with Gasteiger partial charge in [-0.1, -0.05) is 133 Å². The molecule has 11 rings (SSSR count). The Morgan fingerprint density at radius 1 is 0.346 bits per heavy atom. The van der Waals surface area contributed by atoms with Crippen LogP contribution in [0.15, 0.2) is 167 Å². The standard InChI is InChI=1S/C46H26N4O2/c1-2-12-29(13-3-1)44-48-45(50-46(49-44)36-19-10-18-35-39-31-14-5-4-11-27(31)25-26-38(39)52-42(35)36)30-23-21-28(22-24-30)40-32-15-6-7-16-33(32)43-41(47-40)34-17-8-9-20-37(34)51-43/h1-26H. The first-order chi connectivity index (χ1) is 25.8. The third-order valence-corrected chi connectivity index (χ3v) is 9.93. The number of benzene rings is 7. The van der Waals surface area contributed by atoms with E-state index in [9.17, 15) is 0 Å². The maximum Gasteiger partial charge on any atom is 0.167 e. The summed E-state index contributed by atoms with van der Waals surface area (Å²) in [6.07, 6.45) is 0. The Hall–Kier alpha value is -7.18. The zero-order valence-electron chi connectivity index (χ0n) is 27.6. The average Bonchev–Trinajstić information content (AvgIpc) is 3.80. The highest BCUT2D eigenvalue weighted by molar-refractivity contribution is 6.20. The molecule has 11 aromatic rings. The summed E-state index contributed by atoms with van der Waals surface area (Å²) < 4.78 is 12.9. The predicted molar refractivity (Wildman–Crippen MR) is 209 cm³/mol. The van der Waals surface area contributed by atoms with Crippen molar-refractivity contribution in [3.8, 4) is 45.4 Å². The minimum Gasteiger partial charge on any atom is -0.455 e. The SMILES string of the molecule is c1ccc(-c2nc(-c3ccc(-c4nc5c6ccccc6oc5c5ccccc45)cc3)nc(-c3cccc4c3oc3ccc5ccccc5c34)n2)cc1. The summed E-state index contributed by atoms with van der Waals surface area (Å²) in [6, 6.07) is 53.4. The monoisotopic (exact) mass is 666 g/mol. The summed E-state index contributed by atoms with van der Waals surface area (Å²) in [5, 5.41) is 7.50. The van der Waals surface area contributed by atoms with Gasteiger partial charge in [-0.3, -0.25) is 0 Å². The van der Waals surface area contributed by atoms with Gasteiger partial charge in [0.25, 0.3) is 0 Å². The molecule has 0 bridgehead atoms. The third kappa shape index (κ3) is 4.38. The molecule has 0 radical (unpaired) electrons. The number of aromatic nitrogens is 4. The Kier molecular flexibility index (Phi) is 6.15. The van der Waals surface area contributed by atoms with Crippen LogP contribution in [0.4, 0.5) is 0 Å². The van der Waals surface area contributed by atoms with Crippen LogP contribution >= 0.6 is 0 Å². The summed E-state index contributed by atoms with van der Waals surface area (Å²) in [6.45, 7) is 0. The molecule has 7 aromatic carbocycles. The number of hydrogen-bond donors (Lipinski definition) is 0. The first-order valence-corrected chi connectivity index (χ1v) is 17.2. The van der Waals surface area contributed by atoms with Crippen molar-refractivity contribution in [1.82, 2.24) is 19.9 Å². The zero-order valence-corrected chi connectivity index (χ0v) is 27.6. The molecule has 0 aliphatic heterocycles. The van der Waals surface area contributed by atoms with E-state index in [2.05, 4.69) is 78.9 Å². The normalized spacial score (nSPS) is 11.8. The quantitative estimate of drug-likeness (QED) is 0.186. The van der Waals surface area contributed by atoms with Crippen molar-refractivity contribution in [2.75, 3.05) is 0 Å². The van der Waals surface area contributed by atoms with Gasteiger partial charge in [0.2, 0.25) is 0 Å². The van der Waals surface area contributed by atoms with Crippen LogP contribution in [-0.4, -0.2) is 19.9 Å². The second-order valence-corrected chi connectivity index (χ2v) is 13.0. The fraction of sp³-hybridized carbons (Fsp3) is 0. The van der Waals surface area contributed by atoms with E-state index in [0.717, 1.165) is 88.1 Å². The maximum atomic E-state index is 6.57. The van der Waals surface area contributed by atoms with Crippen LogP contribution in [0.25, 0.3) is 111 Å². The molecular weight excluding hydrogens is 641 g/mol. The Labute approximate surface area is 296 Å². The first-order valence-electron chi connectivity index (χ1n) is 17.2. The molecule has 4 aromatic heterocycles. The van der Waals surface area contributed by atoms with E-state index >= 15 is 0 Å². The molecule has 0 amide bonds. The lowest BCUT2D eigenvalue weighted by atomic mass is 10.0. The lowest BCUT2D eigenvalue weighted by Crippen LogP contribution is -2.00. The minimum absolute atomic E-state index is 0.548. The van der Waals surface area contributed by atoms with Crippen molar-refractivity contribution in [3.05, 3.63) is 158 Å². The Bertz CT molecular complexity index is 3180. The van der Waals surface area contributed by atoms with Crippen molar-refractivity contribution >= 4 is 65.6 Å². The molecule has 0 aliphatic carbocycles. The van der Waals surface area contributed by atoms with Crippen molar-refractivity contribution in [2.24, 2.45) is 0 Å². The van der Waals surface area contributed by atoms with E-state index in [1.165, 1.54) is 5.39 Å². The number of nitrogens with zero attached hydrogens (tertiary/aromatic N) is 4. The lowest BCUT2D eigenvalue weighted by Gasteiger charge is -2.10. The summed E-state index contributed by atoms with van der Waals surface area (Å²) in [4.78, 5) is 20.3. The van der Waals surface area contributed by atoms with Gasteiger partial charge in [0.15, 0.2) is 23.1 Å². The van der Waals surface area contributed by atoms with E-state index in [1.54, 1.807) is 0 Å². The van der Waals surface area contributed by atoms with Gasteiger partial charge in [-0.05, 0) is 35.0 Å². The molecule has 242 valence electrons. The molecule has 52 heavy (non-hydrogen) atoms. The predicted octanol–water partition coefficient (Wildman–Crippen LogP) is 12.0. The number of furan rings is 2. The van der Waals surface area contributed by atoms with Gasteiger partial charge in [0.05, 0.1) is 11.3 Å². The molecule has 6 heteroatoms. The number of para-hydroxylation sites is 2. The zero-order chi connectivity index (χ0) is 34.2. The third-order valence-electron chi connectivity index (χ3n) is 9.93. The molecule has 4 heterocycles. The van der Waals surface area contributed by atoms with E-state index < -0.39 is 0 Å². The molecule has 0 saturated heterocycles. The van der Waals surface area contributed by atoms with Crippen LogP contribution in [0.5, 0.6) is 0 Å². The van der Waals surface area contributed by atoms with Crippen molar-refractivity contribution in [1.29, 1.82) is 0 Å². The number of rotatable bonds is 4. The highest BCUT2D eigenvalue weighted by Crippen LogP contribution is 2.40. The largest absolute Gasteiger partial charge is 0.455 e. The van der Waals surface area contributed by atoms with E-state index in [-0.39, 0.29) is 0 Å². The molecule has 0 atom stereocenters. The van der Waals surface area contributed by atoms with Crippen molar-refractivity contribution < 1.29 is 8.83 Å². The van der Waals surface area contributed by atoms with E-state index in [0.29, 0.717) is 17.5 Å². The van der Waals surface area contributed by atoms with E-state index in [1.807, 2.05) is 78.9 Å². The molecule has 0 spiro atoms. The van der Waals surface area contributed by atoms with Crippen molar-refractivity contribution in [2.45, 2.75) is 0 Å². The Morgan fingerprint density at radius 2 is 0.962 bits per heavy atom. The summed E-state index contributed by atoms with van der Waals surface area (Å²) in [7, 11) is 0. The highest BCUT2D eigenvalue weighted by Gasteiger charge is 2.20. The lowest BCUT2D eigenvalue weighted by molar-refractivity contribution is 0.669. The number of pyridine rings is 1.